The summed E-state index contributed by atoms with van der Waals surface area (Å²) in [6.07, 6.45) is 3.56. The number of piperidine rings is 1. The molecule has 98 valence electrons. The molecule has 2 N–H and O–H groups in total. The zero-order chi connectivity index (χ0) is 12.8. The van der Waals surface area contributed by atoms with Crippen molar-refractivity contribution in [2.45, 2.75) is 25.3 Å². The Morgan fingerprint density at radius 3 is 2.72 bits per heavy atom. The average Bonchev–Trinajstić information content (AvgIpc) is 2.66. The molecule has 1 aliphatic carbocycles. The summed E-state index contributed by atoms with van der Waals surface area (Å²) in [6.45, 7) is 2.33. The van der Waals surface area contributed by atoms with Gasteiger partial charge < -0.3 is 15.4 Å². The molecule has 0 radical (unpaired) electrons. The summed E-state index contributed by atoms with van der Waals surface area (Å²) in [5.41, 5.74) is 9.57. The molecule has 1 spiro atoms. The van der Waals surface area contributed by atoms with Gasteiger partial charge in [0.2, 0.25) is 0 Å². The van der Waals surface area contributed by atoms with E-state index >= 15 is 0 Å². The minimum atomic E-state index is 0.177. The quantitative estimate of drug-likeness (QED) is 0.823. The minimum Gasteiger partial charge on any atom is -0.497 e. The van der Waals surface area contributed by atoms with Gasteiger partial charge in [0.15, 0.2) is 0 Å². The minimum absolute atomic E-state index is 0.177. The van der Waals surface area contributed by atoms with Crippen LogP contribution in [0.5, 0.6) is 5.75 Å². The molecule has 18 heavy (non-hydrogen) atoms. The van der Waals surface area contributed by atoms with Gasteiger partial charge >= 0.3 is 0 Å². The Kier molecular flexibility index (Phi) is 2.83. The molecule has 1 fully saturated rings. The lowest BCUT2D eigenvalue weighted by atomic mass is 9.73. The molecule has 1 heterocycles. The maximum Gasteiger partial charge on any atom is 0.119 e. The first-order valence-electron chi connectivity index (χ1n) is 6.75. The van der Waals surface area contributed by atoms with Crippen molar-refractivity contribution in [2.24, 2.45) is 11.1 Å². The normalized spacial score (nSPS) is 26.3. The van der Waals surface area contributed by atoms with Crippen LogP contribution in [0.3, 0.4) is 0 Å². The predicted octanol–water partition coefficient (Wildman–Crippen LogP) is 1.96. The predicted molar refractivity (Wildman–Crippen MR) is 72.8 cm³/mol. The molecule has 0 amide bonds. The fraction of sp³-hybridized carbons (Fsp3) is 0.600. The van der Waals surface area contributed by atoms with E-state index < -0.39 is 0 Å². The molecule has 3 rings (SSSR count). The molecular formula is C15H22N2O. The Balaban J connectivity index is 1.91. The maximum atomic E-state index is 6.55. The van der Waals surface area contributed by atoms with Crippen LogP contribution in [-0.4, -0.2) is 32.1 Å². The second-order valence-electron chi connectivity index (χ2n) is 5.88. The van der Waals surface area contributed by atoms with Gasteiger partial charge in [-0.1, -0.05) is 6.07 Å². The summed E-state index contributed by atoms with van der Waals surface area (Å²) in [5, 5.41) is 0. The van der Waals surface area contributed by atoms with Gasteiger partial charge in [-0.15, -0.1) is 0 Å². The number of hydrogen-bond acceptors (Lipinski definition) is 3. The van der Waals surface area contributed by atoms with Gasteiger partial charge in [0.05, 0.1) is 7.11 Å². The van der Waals surface area contributed by atoms with Crippen molar-refractivity contribution < 1.29 is 4.74 Å². The number of likely N-dealkylation sites (tertiary alicyclic amines) is 1. The van der Waals surface area contributed by atoms with Crippen molar-refractivity contribution in [3.8, 4) is 5.75 Å². The lowest BCUT2D eigenvalue weighted by Gasteiger charge is -2.41. The van der Waals surface area contributed by atoms with E-state index in [2.05, 4.69) is 30.1 Å². The van der Waals surface area contributed by atoms with Crippen LogP contribution in [0.15, 0.2) is 18.2 Å². The molecule has 0 saturated carbocycles. The number of ether oxygens (including phenoxy) is 1. The van der Waals surface area contributed by atoms with E-state index in [4.69, 9.17) is 10.5 Å². The second kappa shape index (κ2) is 4.25. The number of methoxy groups -OCH3 is 1. The fourth-order valence-corrected chi connectivity index (χ4v) is 3.52. The second-order valence-corrected chi connectivity index (χ2v) is 5.88. The summed E-state index contributed by atoms with van der Waals surface area (Å²) in [7, 11) is 3.91. The van der Waals surface area contributed by atoms with Crippen LogP contribution >= 0.6 is 0 Å². The van der Waals surface area contributed by atoms with Gasteiger partial charge in [0.1, 0.15) is 5.75 Å². The molecule has 0 unspecified atom stereocenters. The topological polar surface area (TPSA) is 38.5 Å². The van der Waals surface area contributed by atoms with E-state index in [0.717, 1.165) is 12.2 Å². The van der Waals surface area contributed by atoms with Crippen molar-refractivity contribution in [2.75, 3.05) is 27.2 Å². The number of hydrogen-bond donors (Lipinski definition) is 1. The average molecular weight is 246 g/mol. The van der Waals surface area contributed by atoms with Crippen molar-refractivity contribution in [1.29, 1.82) is 0 Å². The van der Waals surface area contributed by atoms with Gasteiger partial charge in [0.25, 0.3) is 0 Å². The van der Waals surface area contributed by atoms with Crippen LogP contribution in [0.2, 0.25) is 0 Å². The van der Waals surface area contributed by atoms with Crippen molar-refractivity contribution in [1.82, 2.24) is 4.90 Å². The summed E-state index contributed by atoms with van der Waals surface area (Å²) in [6, 6.07) is 6.56. The van der Waals surface area contributed by atoms with E-state index in [0.29, 0.717) is 5.41 Å². The van der Waals surface area contributed by atoms with Crippen molar-refractivity contribution >= 4 is 0 Å². The molecule has 3 heteroatoms. The highest BCUT2D eigenvalue weighted by atomic mass is 16.5. The van der Waals surface area contributed by atoms with Crippen molar-refractivity contribution in [3.05, 3.63) is 29.3 Å². The monoisotopic (exact) mass is 246 g/mol. The SMILES string of the molecule is COc1ccc2c(c1)[C@@H](N)C1(CCN(C)CC1)C2. The highest BCUT2D eigenvalue weighted by Gasteiger charge is 2.45. The molecule has 1 aliphatic heterocycles. The van der Waals surface area contributed by atoms with E-state index in [1.54, 1.807) is 7.11 Å². The van der Waals surface area contributed by atoms with E-state index in [1.165, 1.54) is 37.1 Å². The summed E-state index contributed by atoms with van der Waals surface area (Å²) >= 11 is 0. The first-order chi connectivity index (χ1) is 8.64. The summed E-state index contributed by atoms with van der Waals surface area (Å²) in [5.74, 6) is 0.925. The Morgan fingerprint density at radius 1 is 1.33 bits per heavy atom. The van der Waals surface area contributed by atoms with Crippen LogP contribution in [-0.2, 0) is 6.42 Å². The summed E-state index contributed by atoms with van der Waals surface area (Å²) in [4.78, 5) is 2.40. The molecular weight excluding hydrogens is 224 g/mol. The molecule has 3 nitrogen and oxygen atoms in total. The molecule has 2 aliphatic rings. The lowest BCUT2D eigenvalue weighted by molar-refractivity contribution is 0.106. The number of rotatable bonds is 1. The number of benzene rings is 1. The van der Waals surface area contributed by atoms with Crippen LogP contribution < -0.4 is 10.5 Å². The Labute approximate surface area is 109 Å². The Morgan fingerprint density at radius 2 is 2.06 bits per heavy atom. The van der Waals surface area contributed by atoms with Gasteiger partial charge in [-0.3, -0.25) is 0 Å². The maximum absolute atomic E-state index is 6.55. The lowest BCUT2D eigenvalue weighted by Crippen LogP contribution is -2.42. The third kappa shape index (κ3) is 1.73. The third-order valence-corrected chi connectivity index (χ3v) is 4.87. The fourth-order valence-electron chi connectivity index (χ4n) is 3.52. The largest absolute Gasteiger partial charge is 0.497 e. The van der Waals surface area contributed by atoms with Crippen LogP contribution in [0, 0.1) is 5.41 Å². The highest BCUT2D eigenvalue weighted by Crippen LogP contribution is 2.51. The standard InChI is InChI=1S/C15H22N2O/c1-17-7-5-15(6-8-17)10-11-3-4-12(18-2)9-13(11)14(15)16/h3-4,9,14H,5-8,10,16H2,1-2H3/t14-/m1/s1. The van der Waals surface area contributed by atoms with Gasteiger partial charge in [0, 0.05) is 6.04 Å². The molecule has 1 aromatic carbocycles. The molecule has 1 aromatic rings. The Bertz CT molecular complexity index is 450. The van der Waals surface area contributed by atoms with Gasteiger partial charge in [-0.05, 0) is 68.1 Å². The van der Waals surface area contributed by atoms with Crippen LogP contribution in [0.4, 0.5) is 0 Å². The molecule has 0 bridgehead atoms. The van der Waals surface area contributed by atoms with Gasteiger partial charge in [-0.2, -0.15) is 0 Å². The molecule has 1 saturated heterocycles. The van der Waals surface area contributed by atoms with Gasteiger partial charge in [-0.25, -0.2) is 0 Å². The van der Waals surface area contributed by atoms with Crippen LogP contribution in [0.25, 0.3) is 0 Å². The van der Waals surface area contributed by atoms with E-state index in [9.17, 15) is 0 Å². The summed E-state index contributed by atoms with van der Waals surface area (Å²) < 4.78 is 5.32. The Hall–Kier alpha value is -1.06. The highest BCUT2D eigenvalue weighted by molar-refractivity contribution is 5.43. The van der Waals surface area contributed by atoms with E-state index in [-0.39, 0.29) is 6.04 Å². The first-order valence-corrected chi connectivity index (χ1v) is 6.75. The van der Waals surface area contributed by atoms with Crippen molar-refractivity contribution in [3.63, 3.8) is 0 Å². The molecule has 0 aromatic heterocycles. The number of nitrogens with zero attached hydrogens (tertiary/aromatic N) is 1. The molecule has 1 atom stereocenters. The number of nitrogens with two attached hydrogens (primary N) is 1. The van der Waals surface area contributed by atoms with E-state index in [1.807, 2.05) is 0 Å². The van der Waals surface area contributed by atoms with Crippen LogP contribution in [0.1, 0.15) is 30.0 Å². The third-order valence-electron chi connectivity index (χ3n) is 4.87. The first kappa shape index (κ1) is 12.0. The zero-order valence-corrected chi connectivity index (χ0v) is 11.3. The zero-order valence-electron chi connectivity index (χ0n) is 11.3. The number of fused-ring (bicyclic) bond motifs is 1. The smallest absolute Gasteiger partial charge is 0.119 e.